The minimum absolute atomic E-state index is 0.0350. The minimum atomic E-state index is 0.0350. The summed E-state index contributed by atoms with van der Waals surface area (Å²) in [4.78, 5) is 14.3. The number of carbonyl (C=O) groups excluding carboxylic acids is 1. The van der Waals surface area contributed by atoms with Gasteiger partial charge < -0.3 is 10.6 Å². The molecule has 1 saturated heterocycles. The van der Waals surface area contributed by atoms with Crippen molar-refractivity contribution in [3.05, 3.63) is 33.3 Å². The summed E-state index contributed by atoms with van der Waals surface area (Å²) >= 11 is 9.34. The van der Waals surface area contributed by atoms with Crippen molar-refractivity contribution in [2.75, 3.05) is 13.1 Å². The third kappa shape index (κ3) is 2.71. The number of carbonyl (C=O) groups is 1. The van der Waals surface area contributed by atoms with Crippen molar-refractivity contribution in [3.8, 4) is 0 Å². The van der Waals surface area contributed by atoms with Gasteiger partial charge in [0.05, 0.1) is 5.02 Å². The van der Waals surface area contributed by atoms with Crippen LogP contribution in [-0.4, -0.2) is 29.9 Å². The van der Waals surface area contributed by atoms with Crippen LogP contribution in [0, 0.1) is 5.92 Å². The van der Waals surface area contributed by atoms with Crippen molar-refractivity contribution >= 4 is 33.4 Å². The largest absolute Gasteiger partial charge is 0.336 e. The first-order chi connectivity index (χ1) is 8.52. The number of benzene rings is 1. The molecule has 3 nitrogen and oxygen atoms in total. The molecule has 0 spiro atoms. The fraction of sp³-hybridized carbons (Fsp3) is 0.462. The molecule has 0 aromatic heterocycles. The standard InChI is InChI=1S/C13H16BrClN2O/c1-8-4-9(6-16)7-17(8)13(18)10-2-3-11(14)12(15)5-10/h2-3,5,8-9H,4,6-7,16H2,1H3. The molecule has 0 radical (unpaired) electrons. The summed E-state index contributed by atoms with van der Waals surface area (Å²) in [5.74, 6) is 0.447. The van der Waals surface area contributed by atoms with E-state index in [1.54, 1.807) is 18.2 Å². The SMILES string of the molecule is CC1CC(CN)CN1C(=O)c1ccc(Br)c(Cl)c1. The van der Waals surface area contributed by atoms with E-state index in [-0.39, 0.29) is 11.9 Å². The Kier molecular flexibility index (Phi) is 4.30. The van der Waals surface area contributed by atoms with E-state index in [0.29, 0.717) is 23.0 Å². The topological polar surface area (TPSA) is 46.3 Å². The normalized spacial score (nSPS) is 23.4. The van der Waals surface area contributed by atoms with Crippen LogP contribution in [0.3, 0.4) is 0 Å². The third-order valence-corrected chi connectivity index (χ3v) is 4.65. The molecule has 2 N–H and O–H groups in total. The molecule has 18 heavy (non-hydrogen) atoms. The quantitative estimate of drug-likeness (QED) is 0.905. The Balaban J connectivity index is 2.18. The van der Waals surface area contributed by atoms with Gasteiger partial charge in [0, 0.05) is 22.6 Å². The second kappa shape index (κ2) is 5.59. The van der Waals surface area contributed by atoms with Crippen LogP contribution in [0.5, 0.6) is 0 Å². The van der Waals surface area contributed by atoms with Crippen molar-refractivity contribution in [1.29, 1.82) is 0 Å². The first kappa shape index (κ1) is 13.8. The van der Waals surface area contributed by atoms with Gasteiger partial charge in [-0.2, -0.15) is 0 Å². The van der Waals surface area contributed by atoms with Gasteiger partial charge in [0.2, 0.25) is 0 Å². The Bertz CT molecular complexity index is 466. The molecule has 1 aromatic carbocycles. The van der Waals surface area contributed by atoms with E-state index >= 15 is 0 Å². The summed E-state index contributed by atoms with van der Waals surface area (Å²) in [5.41, 5.74) is 6.31. The van der Waals surface area contributed by atoms with Crippen LogP contribution in [0.4, 0.5) is 0 Å². The van der Waals surface area contributed by atoms with Crippen LogP contribution < -0.4 is 5.73 Å². The van der Waals surface area contributed by atoms with Crippen molar-refractivity contribution < 1.29 is 4.79 Å². The molecular weight excluding hydrogens is 316 g/mol. The van der Waals surface area contributed by atoms with Gasteiger partial charge in [-0.15, -0.1) is 0 Å². The molecule has 2 atom stereocenters. The number of hydrogen-bond acceptors (Lipinski definition) is 2. The number of nitrogens with zero attached hydrogens (tertiary/aromatic N) is 1. The fourth-order valence-corrected chi connectivity index (χ4v) is 2.82. The highest BCUT2D eigenvalue weighted by Gasteiger charge is 2.32. The average molecular weight is 332 g/mol. The predicted octanol–water partition coefficient (Wildman–Crippen LogP) is 2.91. The van der Waals surface area contributed by atoms with Gasteiger partial charge >= 0.3 is 0 Å². The van der Waals surface area contributed by atoms with Crippen LogP contribution in [0.2, 0.25) is 5.02 Å². The summed E-state index contributed by atoms with van der Waals surface area (Å²) in [5, 5.41) is 0.558. The van der Waals surface area contributed by atoms with Gasteiger partial charge in [-0.1, -0.05) is 11.6 Å². The number of nitrogens with two attached hydrogens (primary N) is 1. The zero-order valence-corrected chi connectivity index (χ0v) is 12.5. The monoisotopic (exact) mass is 330 g/mol. The van der Waals surface area contributed by atoms with E-state index in [9.17, 15) is 4.79 Å². The molecule has 1 fully saturated rings. The fourth-order valence-electron chi connectivity index (χ4n) is 2.39. The molecule has 0 aliphatic carbocycles. The molecule has 1 aliphatic heterocycles. The number of likely N-dealkylation sites (tertiary alicyclic amines) is 1. The summed E-state index contributed by atoms with van der Waals surface area (Å²) < 4.78 is 0.801. The van der Waals surface area contributed by atoms with Gasteiger partial charge in [0.25, 0.3) is 5.91 Å². The smallest absolute Gasteiger partial charge is 0.254 e. The second-order valence-electron chi connectivity index (χ2n) is 4.77. The zero-order valence-electron chi connectivity index (χ0n) is 10.2. The Labute approximate surface area is 120 Å². The molecule has 1 amide bonds. The highest BCUT2D eigenvalue weighted by Crippen LogP contribution is 2.27. The molecule has 2 rings (SSSR count). The summed E-state index contributed by atoms with van der Waals surface area (Å²) in [6, 6.07) is 5.54. The van der Waals surface area contributed by atoms with Crippen molar-refractivity contribution in [1.82, 2.24) is 4.90 Å². The Morgan fingerprint density at radius 2 is 2.33 bits per heavy atom. The Morgan fingerprint density at radius 1 is 1.61 bits per heavy atom. The molecule has 98 valence electrons. The molecule has 1 heterocycles. The average Bonchev–Trinajstić information content (AvgIpc) is 2.73. The van der Waals surface area contributed by atoms with E-state index in [0.717, 1.165) is 17.4 Å². The van der Waals surface area contributed by atoms with Gasteiger partial charge in [-0.05, 0) is 59.9 Å². The van der Waals surface area contributed by atoms with Gasteiger partial charge in [-0.25, -0.2) is 0 Å². The zero-order chi connectivity index (χ0) is 13.3. The molecule has 1 aromatic rings. The van der Waals surface area contributed by atoms with E-state index < -0.39 is 0 Å². The van der Waals surface area contributed by atoms with Crippen LogP contribution in [0.25, 0.3) is 0 Å². The van der Waals surface area contributed by atoms with E-state index in [2.05, 4.69) is 22.9 Å². The number of hydrogen-bond donors (Lipinski definition) is 1. The molecule has 5 heteroatoms. The van der Waals surface area contributed by atoms with Crippen LogP contribution >= 0.6 is 27.5 Å². The third-order valence-electron chi connectivity index (χ3n) is 3.42. The minimum Gasteiger partial charge on any atom is -0.336 e. The predicted molar refractivity (Wildman–Crippen MR) is 76.8 cm³/mol. The Hall–Kier alpha value is -0.580. The van der Waals surface area contributed by atoms with Crippen molar-refractivity contribution in [3.63, 3.8) is 0 Å². The maximum absolute atomic E-state index is 12.4. The highest BCUT2D eigenvalue weighted by atomic mass is 79.9. The number of amides is 1. The van der Waals surface area contributed by atoms with Gasteiger partial charge in [0.15, 0.2) is 0 Å². The summed E-state index contributed by atoms with van der Waals surface area (Å²) in [7, 11) is 0. The number of halogens is 2. The lowest BCUT2D eigenvalue weighted by molar-refractivity contribution is 0.0743. The Morgan fingerprint density at radius 3 is 2.89 bits per heavy atom. The van der Waals surface area contributed by atoms with E-state index in [1.807, 2.05) is 4.90 Å². The maximum atomic E-state index is 12.4. The second-order valence-corrected chi connectivity index (χ2v) is 6.03. The van der Waals surface area contributed by atoms with Crippen LogP contribution in [0.1, 0.15) is 23.7 Å². The first-order valence-corrected chi connectivity index (χ1v) is 7.16. The lowest BCUT2D eigenvalue weighted by atomic mass is 10.1. The number of rotatable bonds is 2. The highest BCUT2D eigenvalue weighted by molar-refractivity contribution is 9.10. The molecule has 2 unspecified atom stereocenters. The van der Waals surface area contributed by atoms with Crippen molar-refractivity contribution in [2.45, 2.75) is 19.4 Å². The van der Waals surface area contributed by atoms with E-state index in [1.165, 1.54) is 0 Å². The van der Waals surface area contributed by atoms with Crippen LogP contribution in [0.15, 0.2) is 22.7 Å². The molecule has 1 aliphatic rings. The lowest BCUT2D eigenvalue weighted by Gasteiger charge is -2.21. The van der Waals surface area contributed by atoms with Gasteiger partial charge in [0.1, 0.15) is 0 Å². The molecular formula is C13H16BrClN2O. The first-order valence-electron chi connectivity index (χ1n) is 5.99. The summed E-state index contributed by atoms with van der Waals surface area (Å²) in [6.07, 6.45) is 0.979. The molecule has 0 bridgehead atoms. The van der Waals surface area contributed by atoms with Gasteiger partial charge in [-0.3, -0.25) is 4.79 Å². The summed E-state index contributed by atoms with van der Waals surface area (Å²) in [6.45, 7) is 3.44. The van der Waals surface area contributed by atoms with E-state index in [4.69, 9.17) is 17.3 Å². The van der Waals surface area contributed by atoms with Crippen molar-refractivity contribution in [2.24, 2.45) is 11.7 Å². The lowest BCUT2D eigenvalue weighted by Crippen LogP contribution is -2.34. The van der Waals surface area contributed by atoms with Crippen LogP contribution in [-0.2, 0) is 0 Å². The molecule has 0 saturated carbocycles. The maximum Gasteiger partial charge on any atom is 0.254 e.